The zero-order valence-electron chi connectivity index (χ0n) is 23.7. The van der Waals surface area contributed by atoms with Gasteiger partial charge in [-0.3, -0.25) is 0 Å². The number of methoxy groups -OCH3 is 3. The summed E-state index contributed by atoms with van der Waals surface area (Å²) in [6.45, 7) is 0.0650. The molecule has 0 amide bonds. The van der Waals surface area contributed by atoms with Crippen molar-refractivity contribution in [2.45, 2.75) is 12.5 Å². The van der Waals surface area contributed by atoms with Crippen LogP contribution in [-0.4, -0.2) is 47.1 Å². The number of fused-ring (bicyclic) bond motifs is 6. The highest BCUT2D eigenvalue weighted by Crippen LogP contribution is 2.50. The van der Waals surface area contributed by atoms with E-state index in [0.29, 0.717) is 28.9 Å². The van der Waals surface area contributed by atoms with E-state index < -0.39 is 0 Å². The molecule has 10 nitrogen and oxygen atoms in total. The predicted octanol–water partition coefficient (Wildman–Crippen LogP) is 6.14. The van der Waals surface area contributed by atoms with E-state index in [1.54, 1.807) is 38.4 Å². The van der Waals surface area contributed by atoms with Gasteiger partial charge in [-0.2, -0.15) is 0 Å². The van der Waals surface area contributed by atoms with Gasteiger partial charge in [0.1, 0.15) is 17.8 Å². The van der Waals surface area contributed by atoms with Crippen molar-refractivity contribution < 1.29 is 23.8 Å². The molecule has 7 rings (SSSR count). The first kappa shape index (κ1) is 26.3. The molecule has 0 aliphatic carbocycles. The number of aromatic nitrogens is 4. The lowest BCUT2D eigenvalue weighted by Gasteiger charge is -2.28. The lowest BCUT2D eigenvalue weighted by atomic mass is 9.83. The summed E-state index contributed by atoms with van der Waals surface area (Å²) in [5.41, 5.74) is 4.32. The van der Waals surface area contributed by atoms with Crippen LogP contribution < -0.4 is 18.9 Å². The standard InChI is InChI=1S/C33H27N5O5/c1-39-23-12-9-22(10-13-23)29-25-14-11-21-6-4-5-7-24(21)31(25)43-33-30(29)32-36-28(37-38(32)19-34-33)18-42-35-17-20-8-15-26(40-2)27(16-20)41-3/h4-17,19,29H,18H2,1-3H3/b35-17-/t29-/m0/s1. The van der Waals surface area contributed by atoms with Crippen LogP contribution in [0.25, 0.3) is 16.4 Å². The molecule has 4 aromatic carbocycles. The third-order valence-corrected chi connectivity index (χ3v) is 7.47. The minimum atomic E-state index is -0.202. The first-order valence-electron chi connectivity index (χ1n) is 13.6. The number of ether oxygens (including phenoxy) is 4. The van der Waals surface area contributed by atoms with Crippen LogP contribution in [-0.2, 0) is 11.4 Å². The van der Waals surface area contributed by atoms with E-state index in [1.807, 2.05) is 42.5 Å². The van der Waals surface area contributed by atoms with Crippen LogP contribution in [0.2, 0.25) is 0 Å². The SMILES string of the molecule is COc1ccc([C@H]2c3ccc4ccccc4c3Oc3ncn4nc(CO/N=C\c5ccc(OC)c(OC)c5)nc4c32)cc1. The summed E-state index contributed by atoms with van der Waals surface area (Å²) in [6.07, 6.45) is 3.20. The fourth-order valence-electron chi connectivity index (χ4n) is 5.42. The van der Waals surface area contributed by atoms with Gasteiger partial charge in [-0.1, -0.05) is 53.7 Å². The Balaban J connectivity index is 1.24. The highest BCUT2D eigenvalue weighted by Gasteiger charge is 2.34. The maximum atomic E-state index is 6.50. The lowest BCUT2D eigenvalue weighted by molar-refractivity contribution is 0.126. The van der Waals surface area contributed by atoms with E-state index in [9.17, 15) is 0 Å². The molecular formula is C33H27N5O5. The Labute approximate surface area is 247 Å². The summed E-state index contributed by atoms with van der Waals surface area (Å²) in [4.78, 5) is 15.1. The Bertz CT molecular complexity index is 1990. The van der Waals surface area contributed by atoms with Gasteiger partial charge in [0.25, 0.3) is 0 Å². The predicted molar refractivity (Wildman–Crippen MR) is 161 cm³/mol. The van der Waals surface area contributed by atoms with Crippen LogP contribution >= 0.6 is 0 Å². The number of hydrogen-bond acceptors (Lipinski definition) is 9. The minimum absolute atomic E-state index is 0.0650. The molecule has 0 spiro atoms. The van der Waals surface area contributed by atoms with Crippen molar-refractivity contribution >= 4 is 22.6 Å². The van der Waals surface area contributed by atoms with E-state index in [2.05, 4.69) is 51.6 Å². The third kappa shape index (κ3) is 4.72. The lowest BCUT2D eigenvalue weighted by Crippen LogP contribution is -2.15. The van der Waals surface area contributed by atoms with Crippen LogP contribution in [0.5, 0.6) is 28.9 Å². The number of hydrogen-bond donors (Lipinski definition) is 0. The summed E-state index contributed by atoms with van der Waals surface area (Å²) in [5.74, 6) is 3.55. The van der Waals surface area contributed by atoms with Crippen LogP contribution in [0.4, 0.5) is 0 Å². The van der Waals surface area contributed by atoms with Crippen LogP contribution in [0.1, 0.15) is 34.0 Å². The van der Waals surface area contributed by atoms with E-state index in [0.717, 1.165) is 44.5 Å². The first-order chi connectivity index (χ1) is 21.2. The molecule has 214 valence electrons. The molecule has 1 atom stereocenters. The molecule has 3 heterocycles. The zero-order chi connectivity index (χ0) is 29.3. The average Bonchev–Trinajstić information content (AvgIpc) is 3.49. The largest absolute Gasteiger partial charge is 0.497 e. The second-order valence-corrected chi connectivity index (χ2v) is 9.90. The van der Waals surface area contributed by atoms with Crippen molar-refractivity contribution in [3.05, 3.63) is 113 Å². The van der Waals surface area contributed by atoms with Crippen molar-refractivity contribution in [3.63, 3.8) is 0 Å². The summed E-state index contributed by atoms with van der Waals surface area (Å²) in [6, 6.07) is 25.9. The number of rotatable bonds is 8. The summed E-state index contributed by atoms with van der Waals surface area (Å²) < 4.78 is 24.2. The summed E-state index contributed by atoms with van der Waals surface area (Å²) in [7, 11) is 4.84. The molecule has 1 aliphatic heterocycles. The Morgan fingerprint density at radius 2 is 1.74 bits per heavy atom. The Morgan fingerprint density at radius 1 is 0.907 bits per heavy atom. The van der Waals surface area contributed by atoms with E-state index in [-0.39, 0.29) is 12.5 Å². The molecule has 0 unspecified atom stereocenters. The van der Waals surface area contributed by atoms with Crippen LogP contribution in [0, 0.1) is 0 Å². The van der Waals surface area contributed by atoms with Crippen molar-refractivity contribution in [1.29, 1.82) is 0 Å². The molecular weight excluding hydrogens is 546 g/mol. The van der Waals surface area contributed by atoms with Gasteiger partial charge in [-0.05, 0) is 41.3 Å². The number of nitrogens with zero attached hydrogens (tertiary/aromatic N) is 5. The fourth-order valence-corrected chi connectivity index (χ4v) is 5.42. The van der Waals surface area contributed by atoms with Gasteiger partial charge < -0.3 is 23.8 Å². The molecule has 0 saturated carbocycles. The van der Waals surface area contributed by atoms with Gasteiger partial charge >= 0.3 is 0 Å². The van der Waals surface area contributed by atoms with Gasteiger partial charge in [-0.25, -0.2) is 14.5 Å². The van der Waals surface area contributed by atoms with Gasteiger partial charge in [0, 0.05) is 22.4 Å². The van der Waals surface area contributed by atoms with Gasteiger partial charge in [0.05, 0.1) is 33.1 Å². The highest BCUT2D eigenvalue weighted by atomic mass is 16.6. The first-order valence-corrected chi connectivity index (χ1v) is 13.6. The van der Waals surface area contributed by atoms with E-state index in [4.69, 9.17) is 28.8 Å². The van der Waals surface area contributed by atoms with Crippen molar-refractivity contribution in [2.75, 3.05) is 21.3 Å². The molecule has 0 N–H and O–H groups in total. The maximum absolute atomic E-state index is 6.50. The highest BCUT2D eigenvalue weighted by molar-refractivity contribution is 5.91. The average molecular weight is 574 g/mol. The molecule has 2 aromatic heterocycles. The zero-order valence-corrected chi connectivity index (χ0v) is 23.7. The maximum Gasteiger partial charge on any atom is 0.228 e. The van der Waals surface area contributed by atoms with Crippen molar-refractivity contribution in [2.24, 2.45) is 5.16 Å². The number of oxime groups is 1. The normalized spacial score (nSPS) is 13.9. The second kappa shape index (κ2) is 11.0. The van der Waals surface area contributed by atoms with Gasteiger partial charge in [0.2, 0.25) is 5.88 Å². The Hall–Kier alpha value is -5.64. The fraction of sp³-hybridized carbons (Fsp3) is 0.152. The Morgan fingerprint density at radius 3 is 2.56 bits per heavy atom. The van der Waals surface area contributed by atoms with E-state index in [1.165, 1.54) is 0 Å². The topological polar surface area (TPSA) is 102 Å². The minimum Gasteiger partial charge on any atom is -0.497 e. The Kier molecular flexibility index (Phi) is 6.71. The number of benzene rings is 4. The molecule has 10 heteroatoms. The summed E-state index contributed by atoms with van der Waals surface area (Å²) >= 11 is 0. The third-order valence-electron chi connectivity index (χ3n) is 7.47. The van der Waals surface area contributed by atoms with Crippen molar-refractivity contribution in [3.8, 4) is 28.9 Å². The van der Waals surface area contributed by atoms with Crippen molar-refractivity contribution in [1.82, 2.24) is 19.6 Å². The monoisotopic (exact) mass is 573 g/mol. The molecule has 0 saturated heterocycles. The molecule has 0 radical (unpaired) electrons. The van der Waals surface area contributed by atoms with Crippen LogP contribution in [0.3, 0.4) is 0 Å². The quantitative estimate of drug-likeness (QED) is 0.158. The van der Waals surface area contributed by atoms with E-state index >= 15 is 0 Å². The molecule has 0 bridgehead atoms. The molecule has 43 heavy (non-hydrogen) atoms. The second-order valence-electron chi connectivity index (χ2n) is 9.90. The smallest absolute Gasteiger partial charge is 0.228 e. The molecule has 0 fully saturated rings. The molecule has 1 aliphatic rings. The van der Waals surface area contributed by atoms with Crippen LogP contribution in [0.15, 0.2) is 90.3 Å². The summed E-state index contributed by atoms with van der Waals surface area (Å²) in [5, 5.41) is 10.8. The molecule has 6 aromatic rings. The van der Waals surface area contributed by atoms with Gasteiger partial charge in [0.15, 0.2) is 29.6 Å². The van der Waals surface area contributed by atoms with Gasteiger partial charge in [-0.15, -0.1) is 5.10 Å².